The molecule has 1 aromatic heterocycles. The second kappa shape index (κ2) is 8.82. The standard InChI is InChI=1S/C21H26N4O3/c1-14(2)28-18-8-4-6-15(10-18)19(26)16-7-5-9-25(13-16)20(27)17-11-23-21(22-3)24-12-17/h4,6,8,10-12,14,16H,5,7,9,13H2,1-3H3,(H,22,23,24). The summed E-state index contributed by atoms with van der Waals surface area (Å²) < 4.78 is 5.69. The van der Waals surface area contributed by atoms with E-state index in [-0.39, 0.29) is 23.7 Å². The lowest BCUT2D eigenvalue weighted by Crippen LogP contribution is -2.42. The Kier molecular flexibility index (Phi) is 6.23. The predicted molar refractivity (Wildman–Crippen MR) is 107 cm³/mol. The first-order valence-corrected chi connectivity index (χ1v) is 9.58. The molecule has 0 saturated carbocycles. The Balaban J connectivity index is 1.70. The van der Waals surface area contributed by atoms with E-state index in [1.807, 2.05) is 26.0 Å². The maximum Gasteiger partial charge on any atom is 0.257 e. The molecule has 1 aliphatic rings. The summed E-state index contributed by atoms with van der Waals surface area (Å²) in [5.74, 6) is 0.841. The van der Waals surface area contributed by atoms with Crippen LogP contribution in [0.25, 0.3) is 0 Å². The number of hydrogen-bond donors (Lipinski definition) is 1. The fourth-order valence-corrected chi connectivity index (χ4v) is 3.36. The zero-order valence-corrected chi connectivity index (χ0v) is 16.5. The Bertz CT molecular complexity index is 836. The monoisotopic (exact) mass is 382 g/mol. The first-order chi connectivity index (χ1) is 13.5. The molecule has 3 rings (SSSR count). The summed E-state index contributed by atoms with van der Waals surface area (Å²) in [5, 5.41) is 2.83. The quantitative estimate of drug-likeness (QED) is 0.773. The summed E-state index contributed by atoms with van der Waals surface area (Å²) in [7, 11) is 1.72. The molecule has 0 spiro atoms. The van der Waals surface area contributed by atoms with Crippen LogP contribution < -0.4 is 10.1 Å². The third-order valence-electron chi connectivity index (χ3n) is 4.69. The molecular weight excluding hydrogens is 356 g/mol. The van der Waals surface area contributed by atoms with Crippen LogP contribution in [0.15, 0.2) is 36.7 Å². The molecule has 0 aliphatic carbocycles. The Morgan fingerprint density at radius 1 is 1.21 bits per heavy atom. The van der Waals surface area contributed by atoms with Crippen molar-refractivity contribution in [2.24, 2.45) is 5.92 Å². The molecule has 7 heteroatoms. The van der Waals surface area contributed by atoms with Gasteiger partial charge in [-0.05, 0) is 38.8 Å². The predicted octanol–water partition coefficient (Wildman–Crippen LogP) is 3.04. The summed E-state index contributed by atoms with van der Waals surface area (Å²) in [6.07, 6.45) is 4.63. The van der Waals surface area contributed by atoms with Crippen LogP contribution >= 0.6 is 0 Å². The van der Waals surface area contributed by atoms with Crippen LogP contribution in [-0.4, -0.2) is 52.8 Å². The van der Waals surface area contributed by atoms with Gasteiger partial charge >= 0.3 is 0 Å². The van der Waals surface area contributed by atoms with Gasteiger partial charge in [0.2, 0.25) is 5.95 Å². The number of ether oxygens (including phenoxy) is 1. The van der Waals surface area contributed by atoms with Crippen molar-refractivity contribution in [2.75, 3.05) is 25.5 Å². The lowest BCUT2D eigenvalue weighted by atomic mass is 9.89. The first kappa shape index (κ1) is 19.8. The van der Waals surface area contributed by atoms with Crippen LogP contribution in [0.3, 0.4) is 0 Å². The number of amides is 1. The van der Waals surface area contributed by atoms with Crippen molar-refractivity contribution >= 4 is 17.6 Å². The van der Waals surface area contributed by atoms with Gasteiger partial charge in [-0.2, -0.15) is 0 Å². The van der Waals surface area contributed by atoms with Crippen molar-refractivity contribution in [3.8, 4) is 5.75 Å². The molecule has 148 valence electrons. The first-order valence-electron chi connectivity index (χ1n) is 9.58. The SMILES string of the molecule is CNc1ncc(C(=O)N2CCCC(C(=O)c3cccc(OC(C)C)c3)C2)cn1. The molecule has 2 aromatic rings. The number of piperidine rings is 1. The maximum atomic E-state index is 13.0. The second-order valence-electron chi connectivity index (χ2n) is 7.19. The number of aromatic nitrogens is 2. The minimum Gasteiger partial charge on any atom is -0.491 e. The molecular formula is C21H26N4O3. The third kappa shape index (κ3) is 4.65. The van der Waals surface area contributed by atoms with Crippen LogP contribution in [0.4, 0.5) is 5.95 Å². The third-order valence-corrected chi connectivity index (χ3v) is 4.69. The van der Waals surface area contributed by atoms with E-state index in [0.29, 0.717) is 35.9 Å². The molecule has 1 aromatic carbocycles. The van der Waals surface area contributed by atoms with Crippen molar-refractivity contribution < 1.29 is 14.3 Å². The van der Waals surface area contributed by atoms with E-state index in [2.05, 4.69) is 15.3 Å². The Hall–Kier alpha value is -2.96. The van der Waals surface area contributed by atoms with Crippen molar-refractivity contribution in [2.45, 2.75) is 32.8 Å². The van der Waals surface area contributed by atoms with Gasteiger partial charge in [-0.3, -0.25) is 9.59 Å². The fourth-order valence-electron chi connectivity index (χ4n) is 3.36. The molecule has 1 fully saturated rings. The maximum absolute atomic E-state index is 13.0. The molecule has 28 heavy (non-hydrogen) atoms. The van der Waals surface area contributed by atoms with Crippen LogP contribution in [0.5, 0.6) is 5.75 Å². The molecule has 1 atom stereocenters. The van der Waals surface area contributed by atoms with Gasteiger partial charge in [-0.1, -0.05) is 12.1 Å². The molecule has 0 bridgehead atoms. The minimum atomic E-state index is -0.218. The van der Waals surface area contributed by atoms with Crippen LogP contribution in [0.2, 0.25) is 0 Å². The molecule has 2 heterocycles. The number of carbonyl (C=O) groups excluding carboxylic acids is 2. The minimum absolute atomic E-state index is 0.0460. The summed E-state index contributed by atoms with van der Waals surface area (Å²) in [6, 6.07) is 7.27. The van der Waals surface area contributed by atoms with E-state index in [1.165, 1.54) is 12.4 Å². The Labute approximate surface area is 165 Å². The Morgan fingerprint density at radius 2 is 1.96 bits per heavy atom. The van der Waals surface area contributed by atoms with E-state index >= 15 is 0 Å². The molecule has 1 N–H and O–H groups in total. The van der Waals surface area contributed by atoms with Crippen molar-refractivity contribution in [3.05, 3.63) is 47.8 Å². The van der Waals surface area contributed by atoms with Gasteiger partial charge < -0.3 is 15.0 Å². The number of anilines is 1. The van der Waals surface area contributed by atoms with Crippen molar-refractivity contribution in [3.63, 3.8) is 0 Å². The number of benzene rings is 1. The second-order valence-corrected chi connectivity index (χ2v) is 7.19. The van der Waals surface area contributed by atoms with E-state index in [1.54, 1.807) is 24.1 Å². The average Bonchev–Trinajstić information content (AvgIpc) is 2.72. The highest BCUT2D eigenvalue weighted by Gasteiger charge is 2.30. The normalized spacial score (nSPS) is 16.7. The van der Waals surface area contributed by atoms with E-state index < -0.39 is 0 Å². The zero-order chi connectivity index (χ0) is 20.1. The number of ketones is 1. The molecule has 1 aliphatic heterocycles. The smallest absolute Gasteiger partial charge is 0.257 e. The number of Topliss-reactive ketones (excluding diaryl/α,β-unsaturated/α-hetero) is 1. The summed E-state index contributed by atoms with van der Waals surface area (Å²) in [6.45, 7) is 4.94. The van der Waals surface area contributed by atoms with Gasteiger partial charge in [0.15, 0.2) is 5.78 Å². The summed E-state index contributed by atoms with van der Waals surface area (Å²) >= 11 is 0. The number of hydrogen-bond acceptors (Lipinski definition) is 6. The largest absolute Gasteiger partial charge is 0.491 e. The number of carbonyl (C=O) groups is 2. The number of nitrogens with zero attached hydrogens (tertiary/aromatic N) is 3. The van der Waals surface area contributed by atoms with Gasteiger partial charge in [0.05, 0.1) is 11.7 Å². The van der Waals surface area contributed by atoms with E-state index in [9.17, 15) is 9.59 Å². The number of nitrogens with one attached hydrogen (secondary N) is 1. The van der Waals surface area contributed by atoms with Gasteiger partial charge in [-0.15, -0.1) is 0 Å². The molecule has 1 saturated heterocycles. The van der Waals surface area contributed by atoms with E-state index in [4.69, 9.17) is 4.74 Å². The zero-order valence-electron chi connectivity index (χ0n) is 16.5. The highest BCUT2D eigenvalue weighted by Crippen LogP contribution is 2.24. The summed E-state index contributed by atoms with van der Waals surface area (Å²) in [4.78, 5) is 35.7. The van der Waals surface area contributed by atoms with Gasteiger partial charge in [0, 0.05) is 44.0 Å². The molecule has 0 radical (unpaired) electrons. The van der Waals surface area contributed by atoms with Crippen LogP contribution in [0.1, 0.15) is 47.4 Å². The number of rotatable bonds is 6. The molecule has 1 amide bonds. The average molecular weight is 382 g/mol. The highest BCUT2D eigenvalue weighted by molar-refractivity contribution is 5.99. The lowest BCUT2D eigenvalue weighted by molar-refractivity contribution is 0.0636. The summed E-state index contributed by atoms with van der Waals surface area (Å²) in [5.41, 5.74) is 1.05. The lowest BCUT2D eigenvalue weighted by Gasteiger charge is -2.32. The molecule has 1 unspecified atom stereocenters. The van der Waals surface area contributed by atoms with Gasteiger partial charge in [0.25, 0.3) is 5.91 Å². The van der Waals surface area contributed by atoms with Crippen molar-refractivity contribution in [1.82, 2.24) is 14.9 Å². The fraction of sp³-hybridized carbons (Fsp3) is 0.429. The highest BCUT2D eigenvalue weighted by atomic mass is 16.5. The molecule has 7 nitrogen and oxygen atoms in total. The number of likely N-dealkylation sites (tertiary alicyclic amines) is 1. The topological polar surface area (TPSA) is 84.4 Å². The van der Waals surface area contributed by atoms with Crippen LogP contribution in [0, 0.1) is 5.92 Å². The van der Waals surface area contributed by atoms with Crippen LogP contribution in [-0.2, 0) is 0 Å². The van der Waals surface area contributed by atoms with E-state index in [0.717, 1.165) is 12.8 Å². The van der Waals surface area contributed by atoms with Crippen molar-refractivity contribution in [1.29, 1.82) is 0 Å². The van der Waals surface area contributed by atoms with Gasteiger partial charge in [0.1, 0.15) is 5.75 Å². The van der Waals surface area contributed by atoms with Gasteiger partial charge in [-0.25, -0.2) is 9.97 Å². The Morgan fingerprint density at radius 3 is 2.64 bits per heavy atom.